The second kappa shape index (κ2) is 8.52. The van der Waals surface area contributed by atoms with Crippen LogP contribution in [0.25, 0.3) is 0 Å². The lowest BCUT2D eigenvalue weighted by molar-refractivity contribution is -0.115. The number of nitrogens with one attached hydrogen (secondary N) is 1. The molecule has 1 amide bonds. The minimum absolute atomic E-state index is 0.0932. The first-order valence-electron chi connectivity index (χ1n) is 9.24. The Balaban J connectivity index is 1.53. The number of amides is 1. The number of aryl methyl sites for hydroxylation is 1. The summed E-state index contributed by atoms with van der Waals surface area (Å²) in [5.74, 6) is 0.356. The molecule has 1 saturated heterocycles. The van der Waals surface area contributed by atoms with Crippen LogP contribution in [0.3, 0.4) is 0 Å². The molecule has 6 nitrogen and oxygen atoms in total. The molecule has 0 saturated carbocycles. The van der Waals surface area contributed by atoms with E-state index in [9.17, 15) is 13.2 Å². The molecule has 0 aliphatic carbocycles. The van der Waals surface area contributed by atoms with E-state index in [1.165, 1.54) is 19.3 Å². The molecule has 1 aliphatic rings. The smallest absolute Gasteiger partial charge is 0.225 e. The van der Waals surface area contributed by atoms with Gasteiger partial charge in [0.25, 0.3) is 0 Å². The summed E-state index contributed by atoms with van der Waals surface area (Å²) in [5, 5.41) is 2.72. The lowest BCUT2D eigenvalue weighted by Crippen LogP contribution is -2.30. The quantitative estimate of drug-likeness (QED) is 0.823. The number of anilines is 2. The maximum Gasteiger partial charge on any atom is 0.225 e. The number of nitrogens with zero attached hydrogens (tertiary/aromatic N) is 2. The molecule has 1 N–H and O–H groups in total. The average Bonchev–Trinajstić information content (AvgIpc) is 2.68. The van der Waals surface area contributed by atoms with Crippen molar-refractivity contribution in [1.82, 2.24) is 4.98 Å². The van der Waals surface area contributed by atoms with Crippen LogP contribution >= 0.6 is 0 Å². The third-order valence-corrected chi connectivity index (χ3v) is 6.42. The number of carbonyl (C=O) groups is 1. The minimum Gasteiger partial charge on any atom is -0.357 e. The Bertz CT molecular complexity index is 872. The van der Waals surface area contributed by atoms with Crippen molar-refractivity contribution in [1.29, 1.82) is 0 Å². The fourth-order valence-electron chi connectivity index (χ4n) is 3.08. The van der Waals surface area contributed by atoms with Gasteiger partial charge in [0.2, 0.25) is 5.91 Å². The molecule has 7 heteroatoms. The monoisotopic (exact) mass is 387 g/mol. The first-order valence-corrected chi connectivity index (χ1v) is 10.9. The second-order valence-corrected chi connectivity index (χ2v) is 8.99. The molecule has 0 spiro atoms. The van der Waals surface area contributed by atoms with Gasteiger partial charge >= 0.3 is 0 Å². The second-order valence-electron chi connectivity index (χ2n) is 6.88. The molecule has 0 radical (unpaired) electrons. The zero-order valence-electron chi connectivity index (χ0n) is 15.5. The van der Waals surface area contributed by atoms with E-state index < -0.39 is 9.84 Å². The summed E-state index contributed by atoms with van der Waals surface area (Å²) in [6.07, 6.45) is 5.14. The van der Waals surface area contributed by atoms with Crippen LogP contribution in [-0.2, 0) is 14.6 Å². The van der Waals surface area contributed by atoms with Gasteiger partial charge in [0, 0.05) is 19.5 Å². The van der Waals surface area contributed by atoms with Gasteiger partial charge in [-0.25, -0.2) is 13.4 Å². The summed E-state index contributed by atoms with van der Waals surface area (Å²) >= 11 is 0. The molecule has 1 aliphatic heterocycles. The van der Waals surface area contributed by atoms with Crippen LogP contribution in [0.15, 0.2) is 47.5 Å². The van der Waals surface area contributed by atoms with Gasteiger partial charge in [-0.1, -0.05) is 17.7 Å². The van der Waals surface area contributed by atoms with Crippen molar-refractivity contribution in [3.05, 3.63) is 48.2 Å². The summed E-state index contributed by atoms with van der Waals surface area (Å²) in [5.41, 5.74) is 1.57. The Kier molecular flexibility index (Phi) is 6.11. The predicted octanol–water partition coefficient (Wildman–Crippen LogP) is 3.18. The molecule has 0 unspecified atom stereocenters. The number of aromatic nitrogens is 1. The Morgan fingerprint density at radius 2 is 1.78 bits per heavy atom. The third-order valence-electron chi connectivity index (χ3n) is 4.69. The third kappa shape index (κ3) is 5.29. The summed E-state index contributed by atoms with van der Waals surface area (Å²) < 4.78 is 24.6. The van der Waals surface area contributed by atoms with E-state index in [0.717, 1.165) is 24.5 Å². The lowest BCUT2D eigenvalue weighted by atomic mass is 10.1. The number of carbonyl (C=O) groups excluding carboxylic acids is 1. The molecule has 1 aromatic heterocycles. The number of rotatable bonds is 6. The molecular formula is C20H25N3O3S. The highest BCUT2D eigenvalue weighted by atomic mass is 32.2. The van der Waals surface area contributed by atoms with Crippen LogP contribution in [0.5, 0.6) is 0 Å². The number of hydrogen-bond acceptors (Lipinski definition) is 5. The lowest BCUT2D eigenvalue weighted by Gasteiger charge is -2.27. The van der Waals surface area contributed by atoms with Gasteiger partial charge in [0.15, 0.2) is 9.84 Å². The number of benzene rings is 1. The van der Waals surface area contributed by atoms with Crippen molar-refractivity contribution in [2.75, 3.05) is 29.1 Å². The molecule has 2 aromatic rings. The van der Waals surface area contributed by atoms with Gasteiger partial charge in [-0.3, -0.25) is 4.79 Å². The Labute approximate surface area is 160 Å². The van der Waals surface area contributed by atoms with Crippen molar-refractivity contribution in [3.63, 3.8) is 0 Å². The zero-order chi connectivity index (χ0) is 19.3. The number of sulfone groups is 1. The molecule has 27 heavy (non-hydrogen) atoms. The summed E-state index contributed by atoms with van der Waals surface area (Å²) in [4.78, 5) is 19.0. The fraction of sp³-hybridized carbons (Fsp3) is 0.400. The standard InChI is InChI=1S/C20H25N3O3S/c1-16-5-8-18(9-6-16)27(25,26)14-11-20(24)22-17-7-10-19(21-15-17)23-12-3-2-4-13-23/h5-10,15H,2-4,11-14H2,1H3,(H,22,24). The first kappa shape index (κ1) is 19.4. The van der Waals surface area contributed by atoms with E-state index in [4.69, 9.17) is 0 Å². The highest BCUT2D eigenvalue weighted by Crippen LogP contribution is 2.19. The van der Waals surface area contributed by atoms with E-state index in [1.807, 2.05) is 19.1 Å². The number of hydrogen-bond donors (Lipinski definition) is 1. The summed E-state index contributed by atoms with van der Waals surface area (Å²) in [6.45, 7) is 3.92. The maximum atomic E-state index is 12.3. The van der Waals surface area contributed by atoms with Crippen LogP contribution in [0, 0.1) is 6.92 Å². The van der Waals surface area contributed by atoms with Crippen LogP contribution in [0.1, 0.15) is 31.2 Å². The normalized spacial score (nSPS) is 14.8. The van der Waals surface area contributed by atoms with Crippen molar-refractivity contribution in [3.8, 4) is 0 Å². The zero-order valence-corrected chi connectivity index (χ0v) is 16.3. The molecule has 0 atom stereocenters. The van der Waals surface area contributed by atoms with E-state index in [-0.39, 0.29) is 23.0 Å². The molecule has 2 heterocycles. The molecule has 3 rings (SSSR count). The van der Waals surface area contributed by atoms with Gasteiger partial charge < -0.3 is 10.2 Å². The van der Waals surface area contributed by atoms with Crippen LogP contribution in [0.2, 0.25) is 0 Å². The molecule has 1 fully saturated rings. The van der Waals surface area contributed by atoms with E-state index in [1.54, 1.807) is 30.5 Å². The minimum atomic E-state index is -3.47. The van der Waals surface area contributed by atoms with Crippen molar-refractivity contribution < 1.29 is 13.2 Å². The van der Waals surface area contributed by atoms with Crippen LogP contribution in [-0.4, -0.2) is 38.2 Å². The molecule has 144 valence electrons. The van der Waals surface area contributed by atoms with Gasteiger partial charge in [0.1, 0.15) is 5.82 Å². The highest BCUT2D eigenvalue weighted by molar-refractivity contribution is 7.91. The number of piperidine rings is 1. The Morgan fingerprint density at radius 1 is 1.07 bits per heavy atom. The van der Waals surface area contributed by atoms with E-state index in [2.05, 4.69) is 15.2 Å². The fourth-order valence-corrected chi connectivity index (χ4v) is 4.32. The maximum absolute atomic E-state index is 12.3. The first-order chi connectivity index (χ1) is 12.9. The number of pyridine rings is 1. The van der Waals surface area contributed by atoms with Crippen molar-refractivity contribution in [2.45, 2.75) is 37.5 Å². The van der Waals surface area contributed by atoms with Gasteiger partial charge in [-0.15, -0.1) is 0 Å². The van der Waals surface area contributed by atoms with E-state index >= 15 is 0 Å². The van der Waals surface area contributed by atoms with Crippen molar-refractivity contribution >= 4 is 27.2 Å². The predicted molar refractivity (Wildman–Crippen MR) is 107 cm³/mol. The van der Waals surface area contributed by atoms with Crippen LogP contribution < -0.4 is 10.2 Å². The van der Waals surface area contributed by atoms with Crippen molar-refractivity contribution in [2.24, 2.45) is 0 Å². The molecule has 1 aromatic carbocycles. The van der Waals surface area contributed by atoms with Gasteiger partial charge in [-0.05, 0) is 50.5 Å². The average molecular weight is 388 g/mol. The molecular weight excluding hydrogens is 362 g/mol. The Hall–Kier alpha value is -2.41. The Morgan fingerprint density at radius 3 is 2.41 bits per heavy atom. The molecule has 0 bridgehead atoms. The topological polar surface area (TPSA) is 79.4 Å². The highest BCUT2D eigenvalue weighted by Gasteiger charge is 2.17. The van der Waals surface area contributed by atoms with Crippen LogP contribution in [0.4, 0.5) is 11.5 Å². The van der Waals surface area contributed by atoms with Gasteiger partial charge in [-0.2, -0.15) is 0 Å². The summed E-state index contributed by atoms with van der Waals surface area (Å²) in [6, 6.07) is 10.4. The van der Waals surface area contributed by atoms with E-state index in [0.29, 0.717) is 5.69 Å². The SMILES string of the molecule is Cc1ccc(S(=O)(=O)CCC(=O)Nc2ccc(N3CCCCC3)nc2)cc1. The largest absolute Gasteiger partial charge is 0.357 e. The van der Waals surface area contributed by atoms with Gasteiger partial charge in [0.05, 0.1) is 22.5 Å². The summed E-state index contributed by atoms with van der Waals surface area (Å²) in [7, 11) is -3.47.